The molecule has 0 amide bonds. The fourth-order valence-electron chi connectivity index (χ4n) is 2.20. The van der Waals surface area contributed by atoms with E-state index in [9.17, 15) is 0 Å². The summed E-state index contributed by atoms with van der Waals surface area (Å²) in [5.74, 6) is 0.913. The van der Waals surface area contributed by atoms with Gasteiger partial charge in [-0.25, -0.2) is 4.98 Å². The van der Waals surface area contributed by atoms with Gasteiger partial charge in [0.1, 0.15) is 0 Å². The fraction of sp³-hybridized carbons (Fsp3) is 0.727. The average molecular weight is 193 g/mol. The van der Waals surface area contributed by atoms with E-state index in [0.717, 1.165) is 18.2 Å². The Morgan fingerprint density at radius 2 is 2.21 bits per heavy atom. The molecule has 1 fully saturated rings. The lowest BCUT2D eigenvalue weighted by Crippen LogP contribution is -2.23. The molecule has 0 radical (unpaired) electrons. The Hall–Kier alpha value is -0.990. The summed E-state index contributed by atoms with van der Waals surface area (Å²) in [4.78, 5) is 7.44. The van der Waals surface area contributed by atoms with Crippen LogP contribution in [0.25, 0.3) is 0 Å². The smallest absolute Gasteiger partial charge is 0.200 e. The predicted molar refractivity (Wildman–Crippen MR) is 58.4 cm³/mol. The van der Waals surface area contributed by atoms with Gasteiger partial charge in [-0.1, -0.05) is 19.8 Å². The molecule has 2 rings (SSSR count). The first-order valence-electron chi connectivity index (χ1n) is 5.43. The second kappa shape index (κ2) is 3.64. The van der Waals surface area contributed by atoms with E-state index in [-0.39, 0.29) is 0 Å². The highest BCUT2D eigenvalue weighted by atomic mass is 15.1. The summed E-state index contributed by atoms with van der Waals surface area (Å²) >= 11 is 0. The van der Waals surface area contributed by atoms with Crippen molar-refractivity contribution >= 4 is 5.95 Å². The minimum atomic E-state index is 0.487. The number of aryl methyl sites for hydroxylation is 1. The topological polar surface area (TPSA) is 40.7 Å². The molecule has 0 aromatic carbocycles. The van der Waals surface area contributed by atoms with Crippen molar-refractivity contribution < 1.29 is 0 Å². The number of rotatable bonds is 3. The zero-order chi connectivity index (χ0) is 10.0. The summed E-state index contributed by atoms with van der Waals surface area (Å²) in [5.41, 5.74) is 1.60. The summed E-state index contributed by atoms with van der Waals surface area (Å²) in [6.45, 7) is 5.43. The van der Waals surface area contributed by atoms with Gasteiger partial charge in [-0.2, -0.15) is 0 Å². The van der Waals surface area contributed by atoms with E-state index in [0.29, 0.717) is 5.41 Å². The third kappa shape index (κ3) is 2.08. The van der Waals surface area contributed by atoms with Crippen LogP contribution in [0, 0.1) is 12.3 Å². The van der Waals surface area contributed by atoms with Crippen LogP contribution in [0.4, 0.5) is 5.95 Å². The van der Waals surface area contributed by atoms with Crippen LogP contribution >= 0.6 is 0 Å². The Bertz CT molecular complexity index is 297. The van der Waals surface area contributed by atoms with Gasteiger partial charge in [0.25, 0.3) is 0 Å². The van der Waals surface area contributed by atoms with Gasteiger partial charge in [-0.3, -0.25) is 0 Å². The normalized spacial score (nSPS) is 19.9. The van der Waals surface area contributed by atoms with Gasteiger partial charge in [0, 0.05) is 18.4 Å². The molecule has 1 aromatic heterocycles. The van der Waals surface area contributed by atoms with Gasteiger partial charge in [-0.15, -0.1) is 0 Å². The third-order valence-corrected chi connectivity index (χ3v) is 3.20. The van der Waals surface area contributed by atoms with Crippen molar-refractivity contribution in [2.75, 3.05) is 11.9 Å². The van der Waals surface area contributed by atoms with Crippen LogP contribution in [0.5, 0.6) is 0 Å². The monoisotopic (exact) mass is 193 g/mol. The molecule has 3 nitrogen and oxygen atoms in total. The molecule has 0 atom stereocenters. The highest BCUT2D eigenvalue weighted by molar-refractivity contribution is 5.26. The number of hydrogen-bond donors (Lipinski definition) is 2. The van der Waals surface area contributed by atoms with Crippen LogP contribution in [-0.4, -0.2) is 16.5 Å². The summed E-state index contributed by atoms with van der Waals surface area (Å²) < 4.78 is 0. The van der Waals surface area contributed by atoms with Crippen LogP contribution in [0.3, 0.4) is 0 Å². The second-order valence-electron chi connectivity index (χ2n) is 4.79. The first-order chi connectivity index (χ1) is 6.68. The van der Waals surface area contributed by atoms with Crippen LogP contribution in [0.15, 0.2) is 6.20 Å². The molecule has 1 heterocycles. The highest BCUT2D eigenvalue weighted by Crippen LogP contribution is 2.37. The van der Waals surface area contributed by atoms with Gasteiger partial charge in [-0.05, 0) is 25.2 Å². The van der Waals surface area contributed by atoms with Crippen molar-refractivity contribution in [3.8, 4) is 0 Å². The average Bonchev–Trinajstić information content (AvgIpc) is 2.73. The first-order valence-corrected chi connectivity index (χ1v) is 5.43. The lowest BCUT2D eigenvalue weighted by Gasteiger charge is -2.23. The Morgan fingerprint density at radius 3 is 2.79 bits per heavy atom. The van der Waals surface area contributed by atoms with Crippen molar-refractivity contribution in [1.29, 1.82) is 0 Å². The number of H-pyrrole nitrogens is 1. The number of anilines is 1. The maximum absolute atomic E-state index is 4.24. The van der Waals surface area contributed by atoms with E-state index in [1.54, 1.807) is 0 Å². The molecule has 0 aliphatic heterocycles. The maximum Gasteiger partial charge on any atom is 0.200 e. The zero-order valence-electron chi connectivity index (χ0n) is 9.06. The van der Waals surface area contributed by atoms with Crippen LogP contribution in [-0.2, 0) is 0 Å². The first kappa shape index (κ1) is 9.56. The van der Waals surface area contributed by atoms with E-state index < -0.39 is 0 Å². The molecule has 2 N–H and O–H groups in total. The Balaban J connectivity index is 1.87. The molecule has 1 aliphatic carbocycles. The molecule has 1 saturated carbocycles. The summed E-state index contributed by atoms with van der Waals surface area (Å²) in [6.07, 6.45) is 7.32. The van der Waals surface area contributed by atoms with Gasteiger partial charge < -0.3 is 10.3 Å². The van der Waals surface area contributed by atoms with Crippen molar-refractivity contribution in [3.63, 3.8) is 0 Å². The van der Waals surface area contributed by atoms with E-state index in [1.165, 1.54) is 25.7 Å². The molecule has 0 saturated heterocycles. The standard InChI is InChI=1S/C11H19N3/c1-9-7-12-10(14-9)13-8-11(2)5-3-4-6-11/h7H,3-6,8H2,1-2H3,(H2,12,13,14). The molecule has 0 unspecified atom stereocenters. The van der Waals surface area contributed by atoms with E-state index >= 15 is 0 Å². The molecule has 1 aliphatic rings. The Morgan fingerprint density at radius 1 is 1.50 bits per heavy atom. The number of aromatic nitrogens is 2. The molecule has 78 valence electrons. The summed E-state index contributed by atoms with van der Waals surface area (Å²) in [6, 6.07) is 0. The molecular weight excluding hydrogens is 174 g/mol. The summed E-state index contributed by atoms with van der Waals surface area (Å²) in [5, 5.41) is 3.38. The molecule has 0 spiro atoms. The quantitative estimate of drug-likeness (QED) is 0.775. The molecule has 3 heteroatoms. The van der Waals surface area contributed by atoms with Crippen molar-refractivity contribution in [2.45, 2.75) is 39.5 Å². The fourth-order valence-corrected chi connectivity index (χ4v) is 2.20. The predicted octanol–water partition coefficient (Wildman–Crippen LogP) is 2.71. The van der Waals surface area contributed by atoms with Gasteiger partial charge >= 0.3 is 0 Å². The number of nitrogens with one attached hydrogen (secondary N) is 2. The van der Waals surface area contributed by atoms with Crippen LogP contribution < -0.4 is 5.32 Å². The third-order valence-electron chi connectivity index (χ3n) is 3.20. The molecular formula is C11H19N3. The SMILES string of the molecule is Cc1cnc(NCC2(C)CCCC2)[nH]1. The minimum Gasteiger partial charge on any atom is -0.355 e. The number of nitrogens with zero attached hydrogens (tertiary/aromatic N) is 1. The van der Waals surface area contributed by atoms with Crippen LogP contribution in [0.2, 0.25) is 0 Å². The Kier molecular flexibility index (Phi) is 2.48. The number of imidazole rings is 1. The maximum atomic E-state index is 4.24. The molecule has 1 aromatic rings. The lowest BCUT2D eigenvalue weighted by atomic mass is 9.89. The lowest BCUT2D eigenvalue weighted by molar-refractivity contribution is 0.361. The number of hydrogen-bond acceptors (Lipinski definition) is 2. The zero-order valence-corrected chi connectivity index (χ0v) is 9.06. The van der Waals surface area contributed by atoms with Crippen molar-refractivity contribution in [2.24, 2.45) is 5.41 Å². The minimum absolute atomic E-state index is 0.487. The van der Waals surface area contributed by atoms with Crippen molar-refractivity contribution in [3.05, 3.63) is 11.9 Å². The largest absolute Gasteiger partial charge is 0.355 e. The number of aromatic amines is 1. The van der Waals surface area contributed by atoms with Gasteiger partial charge in [0.05, 0.1) is 0 Å². The highest BCUT2D eigenvalue weighted by Gasteiger charge is 2.28. The van der Waals surface area contributed by atoms with Gasteiger partial charge in [0.2, 0.25) is 0 Å². The van der Waals surface area contributed by atoms with Crippen LogP contribution in [0.1, 0.15) is 38.3 Å². The molecule has 0 bridgehead atoms. The van der Waals surface area contributed by atoms with Crippen molar-refractivity contribution in [1.82, 2.24) is 9.97 Å². The van der Waals surface area contributed by atoms with E-state index in [1.807, 2.05) is 13.1 Å². The Labute approximate surface area is 85.3 Å². The van der Waals surface area contributed by atoms with E-state index in [2.05, 4.69) is 22.2 Å². The second-order valence-corrected chi connectivity index (χ2v) is 4.79. The summed E-state index contributed by atoms with van der Waals surface area (Å²) in [7, 11) is 0. The van der Waals surface area contributed by atoms with Gasteiger partial charge in [0.15, 0.2) is 5.95 Å². The molecule has 14 heavy (non-hydrogen) atoms. The van der Waals surface area contributed by atoms with E-state index in [4.69, 9.17) is 0 Å².